The Hall–Kier alpha value is -1.76. The molecule has 1 aromatic carbocycles. The van der Waals surface area contributed by atoms with Crippen LogP contribution in [0.15, 0.2) is 29.3 Å². The SMILES string of the molecule is CN=C(NCc1ccccc1OCC1CC1)NC1CCS(=O)(=O)C1. The van der Waals surface area contributed by atoms with Crippen molar-refractivity contribution in [3.63, 3.8) is 0 Å². The monoisotopic (exact) mass is 351 g/mol. The minimum atomic E-state index is -2.90. The van der Waals surface area contributed by atoms with Crippen molar-refractivity contribution in [2.45, 2.75) is 31.8 Å². The number of hydrogen-bond donors (Lipinski definition) is 2. The second-order valence-corrected chi connectivity index (χ2v) is 8.76. The normalized spacial score (nSPS) is 23.0. The minimum absolute atomic E-state index is 0.0671. The van der Waals surface area contributed by atoms with Crippen molar-refractivity contribution in [2.75, 3.05) is 25.2 Å². The van der Waals surface area contributed by atoms with Crippen molar-refractivity contribution in [2.24, 2.45) is 10.9 Å². The van der Waals surface area contributed by atoms with Crippen LogP contribution in [0.25, 0.3) is 0 Å². The summed E-state index contributed by atoms with van der Waals surface area (Å²) in [5, 5.41) is 6.44. The van der Waals surface area contributed by atoms with E-state index in [0.717, 1.165) is 17.9 Å². The third-order valence-electron chi connectivity index (χ3n) is 4.39. The Kier molecular flexibility index (Phi) is 5.28. The summed E-state index contributed by atoms with van der Waals surface area (Å²) in [4.78, 5) is 4.19. The van der Waals surface area contributed by atoms with E-state index in [9.17, 15) is 8.42 Å². The van der Waals surface area contributed by atoms with Gasteiger partial charge in [0.15, 0.2) is 15.8 Å². The summed E-state index contributed by atoms with van der Waals surface area (Å²) in [7, 11) is -1.21. The zero-order valence-corrected chi connectivity index (χ0v) is 14.8. The Labute approximate surface area is 143 Å². The molecule has 1 aromatic rings. The van der Waals surface area contributed by atoms with Gasteiger partial charge in [-0.1, -0.05) is 18.2 Å². The number of aliphatic imine (C=N–C) groups is 1. The smallest absolute Gasteiger partial charge is 0.191 e. The Morgan fingerprint density at radius 1 is 1.29 bits per heavy atom. The number of nitrogens with zero attached hydrogens (tertiary/aromatic N) is 1. The number of guanidine groups is 1. The molecule has 0 amide bonds. The van der Waals surface area contributed by atoms with E-state index in [1.54, 1.807) is 7.05 Å². The number of rotatable bonds is 6. The molecule has 1 atom stereocenters. The Morgan fingerprint density at radius 3 is 2.75 bits per heavy atom. The average Bonchev–Trinajstić information content (AvgIpc) is 3.33. The lowest BCUT2D eigenvalue weighted by Gasteiger charge is -2.17. The summed E-state index contributed by atoms with van der Waals surface area (Å²) >= 11 is 0. The number of nitrogens with one attached hydrogen (secondary N) is 2. The molecule has 1 unspecified atom stereocenters. The molecule has 132 valence electrons. The zero-order valence-electron chi connectivity index (χ0n) is 14.0. The average molecular weight is 351 g/mol. The van der Waals surface area contributed by atoms with Gasteiger partial charge in [-0.2, -0.15) is 0 Å². The molecule has 0 radical (unpaired) electrons. The molecule has 7 heteroatoms. The first-order valence-electron chi connectivity index (χ1n) is 8.44. The molecule has 0 spiro atoms. The van der Waals surface area contributed by atoms with E-state index in [4.69, 9.17) is 4.74 Å². The zero-order chi connectivity index (χ0) is 17.0. The molecule has 2 fully saturated rings. The van der Waals surface area contributed by atoms with Crippen molar-refractivity contribution >= 4 is 15.8 Å². The number of benzene rings is 1. The predicted molar refractivity (Wildman–Crippen MR) is 95.1 cm³/mol. The van der Waals surface area contributed by atoms with Crippen LogP contribution >= 0.6 is 0 Å². The van der Waals surface area contributed by atoms with Crippen molar-refractivity contribution in [1.82, 2.24) is 10.6 Å². The molecule has 2 aliphatic rings. The first-order valence-corrected chi connectivity index (χ1v) is 10.3. The van der Waals surface area contributed by atoms with Crippen LogP contribution in [0, 0.1) is 5.92 Å². The summed E-state index contributed by atoms with van der Waals surface area (Å²) in [6.45, 7) is 1.36. The highest BCUT2D eigenvalue weighted by Gasteiger charge is 2.28. The first-order chi connectivity index (χ1) is 11.6. The predicted octanol–water partition coefficient (Wildman–Crippen LogP) is 1.33. The second-order valence-electron chi connectivity index (χ2n) is 6.53. The maximum atomic E-state index is 11.5. The molecular weight excluding hydrogens is 326 g/mol. The van der Waals surface area contributed by atoms with Gasteiger partial charge in [0, 0.05) is 25.2 Å². The number of ether oxygens (including phenoxy) is 1. The summed E-state index contributed by atoms with van der Waals surface area (Å²) < 4.78 is 29.0. The third kappa shape index (κ3) is 4.87. The second kappa shape index (κ2) is 7.42. The molecule has 1 saturated carbocycles. The van der Waals surface area contributed by atoms with E-state index >= 15 is 0 Å². The van der Waals surface area contributed by atoms with Gasteiger partial charge >= 0.3 is 0 Å². The van der Waals surface area contributed by atoms with Crippen LogP contribution in [0.1, 0.15) is 24.8 Å². The number of para-hydroxylation sites is 1. The molecule has 6 nitrogen and oxygen atoms in total. The summed E-state index contributed by atoms with van der Waals surface area (Å²) in [5.41, 5.74) is 1.07. The van der Waals surface area contributed by atoms with Crippen LogP contribution in [0.3, 0.4) is 0 Å². The van der Waals surface area contributed by atoms with Crippen molar-refractivity contribution in [3.05, 3.63) is 29.8 Å². The fourth-order valence-electron chi connectivity index (χ4n) is 2.76. The first kappa shape index (κ1) is 17.1. The Balaban J connectivity index is 1.53. The van der Waals surface area contributed by atoms with Gasteiger partial charge < -0.3 is 15.4 Å². The van der Waals surface area contributed by atoms with E-state index in [1.165, 1.54) is 12.8 Å². The standard InChI is InChI=1S/C17H25N3O3S/c1-18-17(20-15-8-9-24(21,22)12-15)19-10-14-4-2-3-5-16(14)23-11-13-6-7-13/h2-5,13,15H,6-12H2,1H3,(H2,18,19,20). The molecule has 2 N–H and O–H groups in total. The summed E-state index contributed by atoms with van der Waals surface area (Å²) in [6, 6.07) is 7.91. The summed E-state index contributed by atoms with van der Waals surface area (Å²) in [6.07, 6.45) is 3.16. The lowest BCUT2D eigenvalue weighted by Crippen LogP contribution is -2.43. The largest absolute Gasteiger partial charge is 0.493 e. The van der Waals surface area contributed by atoms with Crippen LogP contribution in [0.2, 0.25) is 0 Å². The van der Waals surface area contributed by atoms with Crippen LogP contribution in [0.4, 0.5) is 0 Å². The minimum Gasteiger partial charge on any atom is -0.493 e. The summed E-state index contributed by atoms with van der Waals surface area (Å²) in [5.74, 6) is 2.66. The van der Waals surface area contributed by atoms with Crippen molar-refractivity contribution < 1.29 is 13.2 Å². The van der Waals surface area contributed by atoms with Gasteiger partial charge in [-0.25, -0.2) is 8.42 Å². The lowest BCUT2D eigenvalue weighted by molar-refractivity contribution is 0.296. The van der Waals surface area contributed by atoms with Gasteiger partial charge in [0.1, 0.15) is 5.75 Å². The molecule has 1 heterocycles. The van der Waals surface area contributed by atoms with Crippen LogP contribution in [0.5, 0.6) is 5.75 Å². The fraction of sp³-hybridized carbons (Fsp3) is 0.588. The Bertz CT molecular complexity index is 699. The van der Waals surface area contributed by atoms with Crippen LogP contribution < -0.4 is 15.4 Å². The van der Waals surface area contributed by atoms with Gasteiger partial charge in [0.25, 0.3) is 0 Å². The van der Waals surface area contributed by atoms with Gasteiger partial charge in [0.05, 0.1) is 18.1 Å². The van der Waals surface area contributed by atoms with E-state index in [-0.39, 0.29) is 17.5 Å². The number of hydrogen-bond acceptors (Lipinski definition) is 4. The quantitative estimate of drug-likeness (QED) is 0.597. The van der Waals surface area contributed by atoms with E-state index in [2.05, 4.69) is 15.6 Å². The van der Waals surface area contributed by atoms with Crippen molar-refractivity contribution in [3.8, 4) is 5.75 Å². The maximum Gasteiger partial charge on any atom is 0.191 e. The molecule has 1 saturated heterocycles. The van der Waals surface area contributed by atoms with Gasteiger partial charge in [-0.05, 0) is 31.2 Å². The number of sulfone groups is 1. The molecule has 1 aliphatic heterocycles. The highest BCUT2D eigenvalue weighted by atomic mass is 32.2. The van der Waals surface area contributed by atoms with Crippen LogP contribution in [-0.4, -0.2) is 45.6 Å². The van der Waals surface area contributed by atoms with Gasteiger partial charge in [-0.15, -0.1) is 0 Å². The van der Waals surface area contributed by atoms with E-state index in [1.807, 2.05) is 24.3 Å². The molecular formula is C17H25N3O3S. The lowest BCUT2D eigenvalue weighted by atomic mass is 10.2. The van der Waals surface area contributed by atoms with Gasteiger partial charge in [-0.3, -0.25) is 4.99 Å². The highest BCUT2D eigenvalue weighted by molar-refractivity contribution is 7.91. The topological polar surface area (TPSA) is 79.8 Å². The van der Waals surface area contributed by atoms with E-state index < -0.39 is 9.84 Å². The Morgan fingerprint density at radius 2 is 2.08 bits per heavy atom. The molecule has 1 aliphatic carbocycles. The third-order valence-corrected chi connectivity index (χ3v) is 6.16. The van der Waals surface area contributed by atoms with Gasteiger partial charge in [0.2, 0.25) is 0 Å². The fourth-order valence-corrected chi connectivity index (χ4v) is 4.43. The van der Waals surface area contributed by atoms with E-state index in [0.29, 0.717) is 24.8 Å². The van der Waals surface area contributed by atoms with Crippen molar-refractivity contribution in [1.29, 1.82) is 0 Å². The molecule has 0 aromatic heterocycles. The maximum absolute atomic E-state index is 11.5. The molecule has 24 heavy (non-hydrogen) atoms. The van der Waals surface area contributed by atoms with Crippen LogP contribution in [-0.2, 0) is 16.4 Å². The molecule has 0 bridgehead atoms. The molecule has 3 rings (SSSR count). The highest BCUT2D eigenvalue weighted by Crippen LogP contribution is 2.30.